The van der Waals surface area contributed by atoms with Crippen molar-refractivity contribution in [3.8, 4) is 0 Å². The Labute approximate surface area is 138 Å². The third-order valence-electron chi connectivity index (χ3n) is 2.90. The van der Waals surface area contributed by atoms with Crippen LogP contribution >= 0.6 is 0 Å². The quantitative estimate of drug-likeness (QED) is 0.906. The summed E-state index contributed by atoms with van der Waals surface area (Å²) in [7, 11) is 0. The number of carbonyl (C=O) groups is 2. The number of halogens is 2. The number of benzene rings is 1. The van der Waals surface area contributed by atoms with Gasteiger partial charge in [-0.1, -0.05) is 12.1 Å². The topological polar surface area (TPSA) is 71.1 Å². The molecule has 0 fully saturated rings. The zero-order valence-corrected chi connectivity index (χ0v) is 13.5. The zero-order chi connectivity index (χ0) is 17.9. The molecule has 1 aromatic carbocycles. The SMILES string of the molecule is CC(C)(C)NC(=O)c1cccc(C(=O)Nc2c(F)cccc2F)n1. The Kier molecular flexibility index (Phi) is 4.92. The van der Waals surface area contributed by atoms with E-state index in [0.717, 1.165) is 12.1 Å². The van der Waals surface area contributed by atoms with Crippen molar-refractivity contribution >= 4 is 17.5 Å². The standard InChI is InChI=1S/C17H17F2N3O2/c1-17(2,3)22-16(24)13-9-5-8-12(20-13)15(23)21-14-10(18)6-4-7-11(14)19/h4-9H,1-3H3,(H,21,23)(H,22,24). The lowest BCUT2D eigenvalue weighted by molar-refractivity contribution is 0.0914. The largest absolute Gasteiger partial charge is 0.346 e. The summed E-state index contributed by atoms with van der Waals surface area (Å²) in [5.41, 5.74) is -1.12. The van der Waals surface area contributed by atoms with Crippen LogP contribution in [-0.2, 0) is 0 Å². The van der Waals surface area contributed by atoms with Crippen molar-refractivity contribution in [3.63, 3.8) is 0 Å². The smallest absolute Gasteiger partial charge is 0.274 e. The molecule has 0 aliphatic carbocycles. The normalized spacial score (nSPS) is 11.0. The van der Waals surface area contributed by atoms with Gasteiger partial charge in [0, 0.05) is 5.54 Å². The van der Waals surface area contributed by atoms with Crippen LogP contribution in [0.25, 0.3) is 0 Å². The summed E-state index contributed by atoms with van der Waals surface area (Å²) in [6.07, 6.45) is 0. The number of rotatable bonds is 3. The molecule has 0 unspecified atom stereocenters. The van der Waals surface area contributed by atoms with Crippen LogP contribution in [0.2, 0.25) is 0 Å². The fourth-order valence-corrected chi connectivity index (χ4v) is 1.89. The van der Waals surface area contributed by atoms with Crippen molar-refractivity contribution in [2.24, 2.45) is 0 Å². The molecular weight excluding hydrogens is 316 g/mol. The molecule has 1 heterocycles. The number of amides is 2. The average molecular weight is 333 g/mol. The summed E-state index contributed by atoms with van der Waals surface area (Å²) in [5, 5.41) is 4.84. The van der Waals surface area contributed by atoms with Crippen LogP contribution in [0, 0.1) is 11.6 Å². The van der Waals surface area contributed by atoms with E-state index in [1.807, 2.05) is 20.8 Å². The summed E-state index contributed by atoms with van der Waals surface area (Å²) in [6, 6.07) is 7.51. The van der Waals surface area contributed by atoms with Gasteiger partial charge in [-0.05, 0) is 45.0 Å². The van der Waals surface area contributed by atoms with Crippen LogP contribution in [0.1, 0.15) is 41.7 Å². The van der Waals surface area contributed by atoms with Gasteiger partial charge in [0.15, 0.2) is 0 Å². The Morgan fingerprint density at radius 2 is 1.42 bits per heavy atom. The van der Waals surface area contributed by atoms with Gasteiger partial charge in [-0.15, -0.1) is 0 Å². The van der Waals surface area contributed by atoms with Gasteiger partial charge in [0.05, 0.1) is 0 Å². The predicted octanol–water partition coefficient (Wildman–Crippen LogP) is 3.14. The first kappa shape index (κ1) is 17.5. The number of anilines is 1. The van der Waals surface area contributed by atoms with E-state index in [-0.39, 0.29) is 11.4 Å². The molecule has 0 aliphatic heterocycles. The first-order valence-electron chi connectivity index (χ1n) is 7.22. The summed E-state index contributed by atoms with van der Waals surface area (Å²) in [5.74, 6) is -3.06. The fourth-order valence-electron chi connectivity index (χ4n) is 1.89. The van der Waals surface area contributed by atoms with Gasteiger partial charge >= 0.3 is 0 Å². The van der Waals surface area contributed by atoms with Crippen LogP contribution < -0.4 is 10.6 Å². The van der Waals surface area contributed by atoms with E-state index in [2.05, 4.69) is 15.6 Å². The monoisotopic (exact) mass is 333 g/mol. The number of nitrogens with zero attached hydrogens (tertiary/aromatic N) is 1. The van der Waals surface area contributed by atoms with Crippen molar-refractivity contribution in [3.05, 3.63) is 59.4 Å². The second-order valence-corrected chi connectivity index (χ2v) is 6.16. The highest BCUT2D eigenvalue weighted by atomic mass is 19.1. The molecule has 0 bridgehead atoms. The Balaban J connectivity index is 2.22. The molecule has 2 rings (SSSR count). The van der Waals surface area contributed by atoms with Gasteiger partial charge < -0.3 is 10.6 Å². The number of hydrogen-bond acceptors (Lipinski definition) is 3. The molecule has 2 N–H and O–H groups in total. The molecule has 0 radical (unpaired) electrons. The van der Waals surface area contributed by atoms with Gasteiger partial charge in [0.1, 0.15) is 28.7 Å². The molecule has 7 heteroatoms. The molecule has 0 saturated heterocycles. The van der Waals surface area contributed by atoms with E-state index in [4.69, 9.17) is 0 Å². The lowest BCUT2D eigenvalue weighted by atomic mass is 10.1. The highest BCUT2D eigenvalue weighted by Gasteiger charge is 2.19. The maximum atomic E-state index is 13.6. The van der Waals surface area contributed by atoms with Gasteiger partial charge in [-0.25, -0.2) is 13.8 Å². The van der Waals surface area contributed by atoms with Crippen molar-refractivity contribution in [1.29, 1.82) is 0 Å². The zero-order valence-electron chi connectivity index (χ0n) is 13.5. The molecule has 5 nitrogen and oxygen atoms in total. The summed E-state index contributed by atoms with van der Waals surface area (Å²) < 4.78 is 27.2. The molecule has 24 heavy (non-hydrogen) atoms. The molecule has 1 aromatic heterocycles. The van der Waals surface area contributed by atoms with E-state index in [0.29, 0.717) is 0 Å². The Morgan fingerprint density at radius 1 is 0.917 bits per heavy atom. The molecule has 0 saturated carbocycles. The summed E-state index contributed by atoms with van der Waals surface area (Å²) >= 11 is 0. The molecule has 0 spiro atoms. The van der Waals surface area contributed by atoms with Crippen LogP contribution in [0.4, 0.5) is 14.5 Å². The minimum atomic E-state index is -0.898. The first-order valence-corrected chi connectivity index (χ1v) is 7.22. The number of pyridine rings is 1. The van der Waals surface area contributed by atoms with Crippen LogP contribution in [0.3, 0.4) is 0 Å². The molecular formula is C17H17F2N3O2. The first-order chi connectivity index (χ1) is 11.2. The third kappa shape index (κ3) is 4.34. The molecule has 0 atom stereocenters. The number of hydrogen-bond donors (Lipinski definition) is 2. The maximum Gasteiger partial charge on any atom is 0.274 e. The van der Waals surface area contributed by atoms with E-state index in [1.165, 1.54) is 24.3 Å². The van der Waals surface area contributed by atoms with Crippen molar-refractivity contribution in [2.45, 2.75) is 26.3 Å². The molecule has 2 amide bonds. The minimum absolute atomic E-state index is 0.0339. The third-order valence-corrected chi connectivity index (χ3v) is 2.90. The Hall–Kier alpha value is -2.83. The lowest BCUT2D eigenvalue weighted by Crippen LogP contribution is -2.41. The molecule has 0 aliphatic rings. The Bertz CT molecular complexity index is 765. The van der Waals surface area contributed by atoms with E-state index < -0.39 is 34.7 Å². The Morgan fingerprint density at radius 3 is 1.96 bits per heavy atom. The van der Waals surface area contributed by atoms with E-state index in [9.17, 15) is 18.4 Å². The minimum Gasteiger partial charge on any atom is -0.346 e. The average Bonchev–Trinajstić information content (AvgIpc) is 2.49. The highest BCUT2D eigenvalue weighted by Crippen LogP contribution is 2.18. The predicted molar refractivity (Wildman–Crippen MR) is 85.8 cm³/mol. The summed E-state index contributed by atoms with van der Waals surface area (Å²) in [6.45, 7) is 5.42. The van der Waals surface area contributed by atoms with Crippen LogP contribution in [0.15, 0.2) is 36.4 Å². The van der Waals surface area contributed by atoms with Crippen molar-refractivity contribution < 1.29 is 18.4 Å². The number of carbonyl (C=O) groups excluding carboxylic acids is 2. The van der Waals surface area contributed by atoms with Crippen molar-refractivity contribution in [1.82, 2.24) is 10.3 Å². The van der Waals surface area contributed by atoms with Crippen LogP contribution in [-0.4, -0.2) is 22.3 Å². The molecule has 2 aromatic rings. The van der Waals surface area contributed by atoms with Gasteiger partial charge in [0.2, 0.25) is 0 Å². The number of para-hydroxylation sites is 1. The highest BCUT2D eigenvalue weighted by molar-refractivity contribution is 6.04. The van der Waals surface area contributed by atoms with E-state index >= 15 is 0 Å². The van der Waals surface area contributed by atoms with Crippen molar-refractivity contribution in [2.75, 3.05) is 5.32 Å². The fraction of sp³-hybridized carbons (Fsp3) is 0.235. The second-order valence-electron chi connectivity index (χ2n) is 6.16. The van der Waals surface area contributed by atoms with Gasteiger partial charge in [-0.2, -0.15) is 0 Å². The maximum absolute atomic E-state index is 13.6. The van der Waals surface area contributed by atoms with Crippen LogP contribution in [0.5, 0.6) is 0 Å². The second kappa shape index (κ2) is 6.74. The van der Waals surface area contributed by atoms with Gasteiger partial charge in [-0.3, -0.25) is 9.59 Å². The van der Waals surface area contributed by atoms with E-state index in [1.54, 1.807) is 0 Å². The number of aromatic nitrogens is 1. The van der Waals surface area contributed by atoms with Gasteiger partial charge in [0.25, 0.3) is 11.8 Å². The summed E-state index contributed by atoms with van der Waals surface area (Å²) in [4.78, 5) is 28.2. The lowest BCUT2D eigenvalue weighted by Gasteiger charge is -2.20. The molecule has 126 valence electrons. The number of nitrogens with one attached hydrogen (secondary N) is 2.